The summed E-state index contributed by atoms with van der Waals surface area (Å²) in [6.07, 6.45) is 71.2. The van der Waals surface area contributed by atoms with Crippen LogP contribution in [0.2, 0.25) is 0 Å². The van der Waals surface area contributed by atoms with E-state index >= 15 is 0 Å². The number of hydrogen-bond acceptors (Lipinski definition) is 5. The lowest BCUT2D eigenvalue weighted by molar-refractivity contribution is -0.161. The lowest BCUT2D eigenvalue weighted by atomic mass is 10.1. The zero-order chi connectivity index (χ0) is 42.1. The molecule has 0 bridgehead atoms. The van der Waals surface area contributed by atoms with Gasteiger partial charge in [-0.1, -0.05) is 192 Å². The Bertz CT molecular complexity index is 1270. The first-order valence-corrected chi connectivity index (χ1v) is 22.7. The van der Waals surface area contributed by atoms with Gasteiger partial charge in [-0.2, -0.15) is 0 Å². The Morgan fingerprint density at radius 3 is 1.10 bits per heavy atom. The number of carbonyl (C=O) groups excluding carboxylic acids is 2. The average Bonchev–Trinajstić information content (AvgIpc) is 3.23. The maximum atomic E-state index is 12.2. The predicted octanol–water partition coefficient (Wildman–Crippen LogP) is 15.0. The maximum Gasteiger partial charge on any atom is 0.306 e. The molecule has 0 aromatic carbocycles. The van der Waals surface area contributed by atoms with E-state index in [1.807, 2.05) is 12.2 Å². The summed E-state index contributed by atoms with van der Waals surface area (Å²) >= 11 is 0. The molecule has 0 saturated carbocycles. The van der Waals surface area contributed by atoms with E-state index in [2.05, 4.69) is 135 Å². The first kappa shape index (κ1) is 54.0. The molecule has 0 aliphatic rings. The summed E-state index contributed by atoms with van der Waals surface area (Å²) in [7, 11) is 0. The van der Waals surface area contributed by atoms with Crippen molar-refractivity contribution in [2.75, 3.05) is 13.2 Å². The lowest BCUT2D eigenvalue weighted by Crippen LogP contribution is -2.28. The Morgan fingerprint density at radius 2 is 0.724 bits per heavy atom. The number of aliphatic hydroxyl groups excluding tert-OH is 1. The molecule has 1 atom stereocenters. The average molecular weight is 799 g/mol. The van der Waals surface area contributed by atoms with Crippen molar-refractivity contribution in [3.05, 3.63) is 134 Å². The van der Waals surface area contributed by atoms with E-state index in [0.29, 0.717) is 12.8 Å². The van der Waals surface area contributed by atoms with Crippen LogP contribution in [-0.4, -0.2) is 36.4 Å². The van der Waals surface area contributed by atoms with Crippen LogP contribution >= 0.6 is 0 Å². The molecule has 5 heteroatoms. The van der Waals surface area contributed by atoms with Crippen molar-refractivity contribution in [1.29, 1.82) is 0 Å². The van der Waals surface area contributed by atoms with E-state index in [1.165, 1.54) is 38.5 Å². The van der Waals surface area contributed by atoms with Crippen molar-refractivity contribution in [3.63, 3.8) is 0 Å². The van der Waals surface area contributed by atoms with Crippen LogP contribution in [0.3, 0.4) is 0 Å². The van der Waals surface area contributed by atoms with Gasteiger partial charge in [-0.3, -0.25) is 9.59 Å². The van der Waals surface area contributed by atoms with E-state index in [4.69, 9.17) is 9.47 Å². The molecule has 0 heterocycles. The van der Waals surface area contributed by atoms with Crippen molar-refractivity contribution in [1.82, 2.24) is 0 Å². The van der Waals surface area contributed by atoms with Gasteiger partial charge in [0.05, 0.1) is 6.61 Å². The number of allylic oxidation sites excluding steroid dienone is 22. The van der Waals surface area contributed by atoms with E-state index in [-0.39, 0.29) is 31.6 Å². The fraction of sp³-hybridized carbons (Fsp3) is 0.547. The van der Waals surface area contributed by atoms with Crippen LogP contribution in [0.4, 0.5) is 0 Å². The van der Waals surface area contributed by atoms with Gasteiger partial charge < -0.3 is 14.6 Å². The maximum absolute atomic E-state index is 12.2. The Balaban J connectivity index is 3.65. The molecule has 1 N–H and O–H groups in total. The zero-order valence-electron chi connectivity index (χ0n) is 36.7. The minimum Gasteiger partial charge on any atom is -0.462 e. The van der Waals surface area contributed by atoms with Crippen LogP contribution in [0, 0.1) is 0 Å². The van der Waals surface area contributed by atoms with Gasteiger partial charge in [0.15, 0.2) is 6.10 Å². The van der Waals surface area contributed by atoms with Crippen molar-refractivity contribution >= 4 is 11.9 Å². The number of rotatable bonds is 39. The number of aliphatic hydroxyl groups is 1. The highest BCUT2D eigenvalue weighted by atomic mass is 16.6. The van der Waals surface area contributed by atoms with Crippen LogP contribution in [0.5, 0.6) is 0 Å². The topological polar surface area (TPSA) is 72.8 Å². The van der Waals surface area contributed by atoms with Crippen LogP contribution in [-0.2, 0) is 19.1 Å². The quantitative estimate of drug-likeness (QED) is 0.0381. The van der Waals surface area contributed by atoms with E-state index in [0.717, 1.165) is 96.3 Å². The van der Waals surface area contributed by atoms with Crippen molar-refractivity contribution < 1.29 is 24.2 Å². The fourth-order valence-electron chi connectivity index (χ4n) is 5.61. The Hall–Kier alpha value is -3.96. The smallest absolute Gasteiger partial charge is 0.306 e. The molecule has 0 aromatic heterocycles. The summed E-state index contributed by atoms with van der Waals surface area (Å²) in [4.78, 5) is 24.3. The molecular formula is C53H82O5. The third-order valence-corrected chi connectivity index (χ3v) is 8.95. The molecule has 0 aliphatic heterocycles. The molecular weight excluding hydrogens is 717 g/mol. The molecule has 0 radical (unpaired) electrons. The highest BCUT2D eigenvalue weighted by Crippen LogP contribution is 2.12. The number of hydrogen-bond donors (Lipinski definition) is 1. The molecule has 0 rings (SSSR count). The molecule has 58 heavy (non-hydrogen) atoms. The number of esters is 2. The highest BCUT2D eigenvalue weighted by Gasteiger charge is 2.15. The van der Waals surface area contributed by atoms with Gasteiger partial charge in [0.1, 0.15) is 6.61 Å². The minimum absolute atomic E-state index is 0.115. The standard InChI is InChI=1S/C53H82O5/c1-3-5-7-9-11-13-15-17-18-19-20-21-22-23-24-25-26-27-28-29-30-31-32-33-34-36-38-40-42-44-46-48-53(56)58-51(49-54)50-57-52(55)47-45-43-41-39-37-35-16-14-12-10-8-6-4-2/h5-8,11-14,17-18,20-21,23-24,26-27,29-30,35,37,41,43,51,54H,3-4,9-10,15-16,19,22,25,28,31-34,36,38-40,42,44-50H2,1-2H3/b7-5-,8-6-,13-11-,14-12-,18-17-,21-20-,24-23-,27-26-,30-29-,37-35-,43-41-. The number of carbonyl (C=O) groups is 2. The second-order valence-electron chi connectivity index (χ2n) is 14.4. The van der Waals surface area contributed by atoms with Crippen LogP contribution in [0.25, 0.3) is 0 Å². The first-order valence-electron chi connectivity index (χ1n) is 22.7. The van der Waals surface area contributed by atoms with Gasteiger partial charge in [0.2, 0.25) is 0 Å². The van der Waals surface area contributed by atoms with Crippen LogP contribution in [0.15, 0.2) is 134 Å². The van der Waals surface area contributed by atoms with Gasteiger partial charge in [0.25, 0.3) is 0 Å². The molecule has 0 spiro atoms. The van der Waals surface area contributed by atoms with E-state index in [9.17, 15) is 14.7 Å². The van der Waals surface area contributed by atoms with Crippen molar-refractivity contribution in [2.24, 2.45) is 0 Å². The number of ether oxygens (including phenoxy) is 2. The molecule has 0 saturated heterocycles. The summed E-state index contributed by atoms with van der Waals surface area (Å²) in [6, 6.07) is 0. The van der Waals surface area contributed by atoms with Gasteiger partial charge in [0, 0.05) is 12.8 Å². The highest BCUT2D eigenvalue weighted by molar-refractivity contribution is 5.70. The zero-order valence-corrected chi connectivity index (χ0v) is 36.7. The number of unbranched alkanes of at least 4 members (excludes halogenated alkanes) is 9. The Kier molecular flexibility index (Phi) is 44.2. The van der Waals surface area contributed by atoms with Gasteiger partial charge in [-0.25, -0.2) is 0 Å². The molecule has 0 aliphatic carbocycles. The van der Waals surface area contributed by atoms with E-state index < -0.39 is 6.10 Å². The molecule has 5 nitrogen and oxygen atoms in total. The summed E-state index contributed by atoms with van der Waals surface area (Å²) in [5, 5.41) is 9.57. The molecule has 1 unspecified atom stereocenters. The summed E-state index contributed by atoms with van der Waals surface area (Å²) in [5.74, 6) is -0.706. The normalized spacial score (nSPS) is 13.5. The van der Waals surface area contributed by atoms with Gasteiger partial charge in [-0.05, 0) is 96.3 Å². The molecule has 0 fully saturated rings. The lowest BCUT2D eigenvalue weighted by Gasteiger charge is -2.15. The largest absolute Gasteiger partial charge is 0.462 e. The SMILES string of the molecule is CC/C=C\C/C=C\C/C=C\C/C=C\C/C=C\C/C=C\C/C=C\CCCCCCCCCCCC(=O)OC(CO)COC(=O)CC/C=C\C/C=C\C/C=C\C/C=C\CC. The van der Waals surface area contributed by atoms with Crippen LogP contribution < -0.4 is 0 Å². The monoisotopic (exact) mass is 799 g/mol. The molecule has 0 amide bonds. The summed E-state index contributed by atoms with van der Waals surface area (Å²) < 4.78 is 10.6. The first-order chi connectivity index (χ1) is 28.6. The third kappa shape index (κ3) is 44.8. The van der Waals surface area contributed by atoms with Gasteiger partial charge in [-0.15, -0.1) is 0 Å². The summed E-state index contributed by atoms with van der Waals surface area (Å²) in [5.41, 5.74) is 0. The van der Waals surface area contributed by atoms with E-state index in [1.54, 1.807) is 0 Å². The van der Waals surface area contributed by atoms with Gasteiger partial charge >= 0.3 is 11.9 Å². The minimum atomic E-state index is -0.813. The summed E-state index contributed by atoms with van der Waals surface area (Å²) in [6.45, 7) is 3.81. The Morgan fingerprint density at radius 1 is 0.397 bits per heavy atom. The molecule has 324 valence electrons. The predicted molar refractivity (Wildman–Crippen MR) is 251 cm³/mol. The molecule has 0 aromatic rings. The Labute approximate surface area is 355 Å². The second-order valence-corrected chi connectivity index (χ2v) is 14.4. The van der Waals surface area contributed by atoms with Crippen molar-refractivity contribution in [3.8, 4) is 0 Å². The fourth-order valence-corrected chi connectivity index (χ4v) is 5.61. The van der Waals surface area contributed by atoms with Crippen molar-refractivity contribution in [2.45, 2.75) is 174 Å². The van der Waals surface area contributed by atoms with Crippen LogP contribution in [0.1, 0.15) is 168 Å². The third-order valence-electron chi connectivity index (χ3n) is 8.95. The second kappa shape index (κ2) is 47.4.